The summed E-state index contributed by atoms with van der Waals surface area (Å²) in [5, 5.41) is 14.9. The van der Waals surface area contributed by atoms with E-state index < -0.39 is 4.92 Å². The van der Waals surface area contributed by atoms with Crippen molar-refractivity contribution in [3.8, 4) is 0 Å². The summed E-state index contributed by atoms with van der Waals surface area (Å²) in [6.07, 6.45) is 4.52. The van der Waals surface area contributed by atoms with Crippen LogP contribution in [0.2, 0.25) is 0 Å². The van der Waals surface area contributed by atoms with Crippen molar-refractivity contribution in [2.75, 3.05) is 31.6 Å². The summed E-state index contributed by atoms with van der Waals surface area (Å²) >= 11 is 0. The minimum Gasteiger partial charge on any atom is -0.379 e. The van der Waals surface area contributed by atoms with E-state index in [1.807, 2.05) is 0 Å². The van der Waals surface area contributed by atoms with Crippen LogP contribution in [0.15, 0.2) is 18.2 Å². The standard InChI is InChI=1S/C19H27N3O4/c1-14(23)16-5-6-17(18(13-16)22(24)25)20-15(2)19(7-3-4-8-19)21-9-11-26-12-10-21/h5-6,13,15,20H,3-4,7-12H2,1-2H3. The summed E-state index contributed by atoms with van der Waals surface area (Å²) < 4.78 is 5.51. The zero-order chi connectivity index (χ0) is 18.7. The lowest BCUT2D eigenvalue weighted by molar-refractivity contribution is -0.384. The average Bonchev–Trinajstić information content (AvgIpc) is 3.13. The van der Waals surface area contributed by atoms with Crippen LogP contribution in [0, 0.1) is 10.1 Å². The van der Waals surface area contributed by atoms with E-state index in [0.717, 1.165) is 39.1 Å². The number of ketones is 1. The topological polar surface area (TPSA) is 84.7 Å². The smallest absolute Gasteiger partial charge is 0.293 e. The Kier molecular flexibility index (Phi) is 5.58. The largest absolute Gasteiger partial charge is 0.379 e. The molecule has 1 aromatic carbocycles. The lowest BCUT2D eigenvalue weighted by Gasteiger charge is -2.47. The van der Waals surface area contributed by atoms with Gasteiger partial charge >= 0.3 is 0 Å². The number of anilines is 1. The Hall–Kier alpha value is -1.99. The monoisotopic (exact) mass is 361 g/mol. The molecule has 142 valence electrons. The third kappa shape index (κ3) is 3.59. The molecule has 26 heavy (non-hydrogen) atoms. The van der Waals surface area contributed by atoms with Crippen LogP contribution in [0.1, 0.15) is 49.9 Å². The third-order valence-corrected chi connectivity index (χ3v) is 5.89. The van der Waals surface area contributed by atoms with Crippen LogP contribution in [-0.2, 0) is 4.74 Å². The highest BCUT2D eigenvalue weighted by Crippen LogP contribution is 2.40. The highest BCUT2D eigenvalue weighted by Gasteiger charge is 2.44. The molecule has 1 heterocycles. The maximum Gasteiger partial charge on any atom is 0.293 e. The van der Waals surface area contributed by atoms with Crippen molar-refractivity contribution in [1.82, 2.24) is 4.90 Å². The fraction of sp³-hybridized carbons (Fsp3) is 0.632. The lowest BCUT2D eigenvalue weighted by atomic mass is 9.86. The van der Waals surface area contributed by atoms with E-state index in [1.165, 1.54) is 25.8 Å². The number of morpholine rings is 1. The van der Waals surface area contributed by atoms with Crippen molar-refractivity contribution in [3.05, 3.63) is 33.9 Å². The summed E-state index contributed by atoms with van der Waals surface area (Å²) in [5.41, 5.74) is 0.794. The number of Topliss-reactive ketones (excluding diaryl/α,β-unsaturated/α-hetero) is 1. The Balaban J connectivity index is 1.86. The van der Waals surface area contributed by atoms with Gasteiger partial charge in [0.1, 0.15) is 5.69 Å². The summed E-state index contributed by atoms with van der Waals surface area (Å²) in [4.78, 5) is 25.1. The maximum absolute atomic E-state index is 11.6. The van der Waals surface area contributed by atoms with Crippen LogP contribution >= 0.6 is 0 Å². The number of rotatable bonds is 6. The van der Waals surface area contributed by atoms with Crippen LogP contribution in [0.4, 0.5) is 11.4 Å². The molecule has 1 aliphatic heterocycles. The van der Waals surface area contributed by atoms with Crippen LogP contribution in [-0.4, -0.2) is 53.5 Å². The molecule has 0 bridgehead atoms. The molecular formula is C19H27N3O4. The van der Waals surface area contributed by atoms with Gasteiger partial charge in [0.2, 0.25) is 0 Å². The van der Waals surface area contributed by atoms with E-state index in [0.29, 0.717) is 11.3 Å². The summed E-state index contributed by atoms with van der Waals surface area (Å²) in [5.74, 6) is -0.173. The molecule has 2 aliphatic rings. The number of hydrogen-bond donors (Lipinski definition) is 1. The second-order valence-corrected chi connectivity index (χ2v) is 7.32. The van der Waals surface area contributed by atoms with Gasteiger partial charge in [-0.15, -0.1) is 0 Å². The molecule has 1 aromatic rings. The van der Waals surface area contributed by atoms with E-state index in [-0.39, 0.29) is 23.1 Å². The van der Waals surface area contributed by atoms with Gasteiger partial charge < -0.3 is 10.1 Å². The molecule has 1 unspecified atom stereocenters. The van der Waals surface area contributed by atoms with Gasteiger partial charge in [-0.25, -0.2) is 0 Å². The summed E-state index contributed by atoms with van der Waals surface area (Å²) in [6, 6.07) is 4.74. The SMILES string of the molecule is CC(=O)c1ccc(NC(C)C2(N3CCOCC3)CCCC2)c([N+](=O)[O-])c1. The molecule has 7 heteroatoms. The van der Waals surface area contributed by atoms with Gasteiger partial charge in [-0.05, 0) is 38.8 Å². The Morgan fingerprint density at radius 2 is 1.96 bits per heavy atom. The number of hydrogen-bond acceptors (Lipinski definition) is 6. The molecule has 1 saturated carbocycles. The van der Waals surface area contributed by atoms with Crippen LogP contribution in [0.3, 0.4) is 0 Å². The van der Waals surface area contributed by atoms with Gasteiger partial charge in [0, 0.05) is 36.3 Å². The molecule has 0 spiro atoms. The molecule has 1 N–H and O–H groups in total. The van der Waals surface area contributed by atoms with E-state index in [9.17, 15) is 14.9 Å². The van der Waals surface area contributed by atoms with E-state index in [2.05, 4.69) is 17.1 Å². The number of carbonyl (C=O) groups excluding carboxylic acids is 1. The molecule has 0 aromatic heterocycles. The van der Waals surface area contributed by atoms with Crippen LogP contribution < -0.4 is 5.32 Å². The van der Waals surface area contributed by atoms with Crippen molar-refractivity contribution in [2.24, 2.45) is 0 Å². The van der Waals surface area contributed by atoms with Crippen molar-refractivity contribution in [3.63, 3.8) is 0 Å². The van der Waals surface area contributed by atoms with Gasteiger partial charge in [-0.1, -0.05) is 12.8 Å². The molecule has 1 atom stereocenters. The lowest BCUT2D eigenvalue weighted by Crippen LogP contribution is -2.59. The molecule has 1 saturated heterocycles. The number of nitrogens with one attached hydrogen (secondary N) is 1. The van der Waals surface area contributed by atoms with Crippen molar-refractivity contribution in [2.45, 2.75) is 51.1 Å². The normalized spacial score (nSPS) is 21.3. The number of nitrogens with zero attached hydrogens (tertiary/aromatic N) is 2. The number of ether oxygens (including phenoxy) is 1. The van der Waals surface area contributed by atoms with Gasteiger partial charge in [0.15, 0.2) is 5.78 Å². The van der Waals surface area contributed by atoms with Gasteiger partial charge in [0.05, 0.1) is 18.1 Å². The van der Waals surface area contributed by atoms with Gasteiger partial charge in [-0.3, -0.25) is 19.8 Å². The number of nitro benzene ring substituents is 1. The van der Waals surface area contributed by atoms with Crippen molar-refractivity contribution in [1.29, 1.82) is 0 Å². The van der Waals surface area contributed by atoms with Crippen molar-refractivity contribution >= 4 is 17.2 Å². The highest BCUT2D eigenvalue weighted by atomic mass is 16.6. The first-order valence-electron chi connectivity index (χ1n) is 9.33. The number of benzene rings is 1. The average molecular weight is 361 g/mol. The Labute approximate surface area is 153 Å². The minimum absolute atomic E-state index is 0.00308. The summed E-state index contributed by atoms with van der Waals surface area (Å²) in [7, 11) is 0. The highest BCUT2D eigenvalue weighted by molar-refractivity contribution is 5.95. The van der Waals surface area contributed by atoms with Crippen LogP contribution in [0.25, 0.3) is 0 Å². The molecule has 3 rings (SSSR count). The maximum atomic E-state index is 11.6. The fourth-order valence-corrected chi connectivity index (χ4v) is 4.41. The first-order chi connectivity index (χ1) is 12.4. The molecule has 2 fully saturated rings. The second kappa shape index (κ2) is 7.72. The first-order valence-corrected chi connectivity index (χ1v) is 9.33. The van der Waals surface area contributed by atoms with Crippen LogP contribution in [0.5, 0.6) is 0 Å². The summed E-state index contributed by atoms with van der Waals surface area (Å²) in [6.45, 7) is 6.81. The minimum atomic E-state index is -0.419. The van der Waals surface area contributed by atoms with E-state index in [1.54, 1.807) is 12.1 Å². The van der Waals surface area contributed by atoms with Gasteiger partial charge in [0.25, 0.3) is 5.69 Å². The Bertz CT molecular complexity index is 679. The zero-order valence-electron chi connectivity index (χ0n) is 15.5. The molecule has 0 amide bonds. The molecular weight excluding hydrogens is 334 g/mol. The second-order valence-electron chi connectivity index (χ2n) is 7.32. The fourth-order valence-electron chi connectivity index (χ4n) is 4.41. The Morgan fingerprint density at radius 3 is 2.54 bits per heavy atom. The third-order valence-electron chi connectivity index (χ3n) is 5.89. The quantitative estimate of drug-likeness (QED) is 0.476. The van der Waals surface area contributed by atoms with Gasteiger partial charge in [-0.2, -0.15) is 0 Å². The predicted molar refractivity (Wildman–Crippen MR) is 99.8 cm³/mol. The van der Waals surface area contributed by atoms with E-state index in [4.69, 9.17) is 4.74 Å². The van der Waals surface area contributed by atoms with E-state index >= 15 is 0 Å². The molecule has 7 nitrogen and oxygen atoms in total. The Morgan fingerprint density at radius 1 is 1.31 bits per heavy atom. The zero-order valence-corrected chi connectivity index (χ0v) is 15.5. The molecule has 1 aliphatic carbocycles. The predicted octanol–water partition coefficient (Wildman–Crippen LogP) is 3.24. The van der Waals surface area contributed by atoms with Crippen molar-refractivity contribution < 1.29 is 14.5 Å². The molecule has 0 radical (unpaired) electrons. The number of carbonyl (C=O) groups is 1. The number of nitro groups is 1. The first kappa shape index (κ1) is 18.8.